The molecular formula is C16H13BrN4S. The van der Waals surface area contributed by atoms with E-state index < -0.39 is 0 Å². The van der Waals surface area contributed by atoms with E-state index in [1.165, 1.54) is 5.56 Å². The fraction of sp³-hybridized carbons (Fsp3) is 0.0625. The Bertz CT molecular complexity index is 878. The molecule has 3 rings (SSSR count). The number of nitrogens with one attached hydrogen (secondary N) is 1. The molecule has 0 radical (unpaired) electrons. The summed E-state index contributed by atoms with van der Waals surface area (Å²) in [5, 5.41) is 11.5. The van der Waals surface area contributed by atoms with E-state index in [1.807, 2.05) is 48.5 Å². The average Bonchev–Trinajstić information content (AvgIpc) is 2.88. The van der Waals surface area contributed by atoms with Gasteiger partial charge in [-0.2, -0.15) is 14.9 Å². The van der Waals surface area contributed by atoms with Gasteiger partial charge in [0.15, 0.2) is 5.82 Å². The molecule has 3 aromatic rings. The van der Waals surface area contributed by atoms with Gasteiger partial charge in [0.05, 0.1) is 6.21 Å². The number of benzene rings is 2. The molecule has 1 N–H and O–H groups in total. The molecule has 110 valence electrons. The molecular weight excluding hydrogens is 360 g/mol. The van der Waals surface area contributed by atoms with Crippen LogP contribution in [-0.2, 0) is 0 Å². The average molecular weight is 373 g/mol. The maximum absolute atomic E-state index is 5.27. The number of rotatable bonds is 3. The first kappa shape index (κ1) is 14.9. The van der Waals surface area contributed by atoms with Gasteiger partial charge < -0.3 is 0 Å². The lowest BCUT2D eigenvalue weighted by molar-refractivity contribution is 0.871. The van der Waals surface area contributed by atoms with Gasteiger partial charge >= 0.3 is 0 Å². The fourth-order valence-corrected chi connectivity index (χ4v) is 2.63. The number of halogens is 1. The summed E-state index contributed by atoms with van der Waals surface area (Å²) in [4.78, 5) is 0. The molecule has 6 heteroatoms. The standard InChI is InChI=1S/C16H13BrN4S/c1-11-6-8-12(9-7-11)10-18-21-15(19-20-16(21)22)13-4-2-3-5-14(13)17/h2-10H,1H3,(H,20,22)/b18-10-. The molecule has 0 bridgehead atoms. The van der Waals surface area contributed by atoms with Crippen LogP contribution in [0.25, 0.3) is 11.4 Å². The molecule has 0 aliphatic carbocycles. The molecule has 2 aromatic carbocycles. The SMILES string of the molecule is Cc1ccc(/C=N\n2c(-c3ccccc3Br)n[nH]c2=S)cc1. The van der Waals surface area contributed by atoms with E-state index in [1.54, 1.807) is 10.9 Å². The Morgan fingerprint density at radius 3 is 2.64 bits per heavy atom. The van der Waals surface area contributed by atoms with Gasteiger partial charge in [0.25, 0.3) is 0 Å². The van der Waals surface area contributed by atoms with Crippen molar-refractivity contribution in [1.29, 1.82) is 0 Å². The quantitative estimate of drug-likeness (QED) is 0.540. The van der Waals surface area contributed by atoms with Crippen LogP contribution in [0.3, 0.4) is 0 Å². The van der Waals surface area contributed by atoms with Gasteiger partial charge in [-0.1, -0.05) is 57.9 Å². The second kappa shape index (κ2) is 6.37. The van der Waals surface area contributed by atoms with Crippen LogP contribution in [0.2, 0.25) is 0 Å². The Morgan fingerprint density at radius 1 is 1.18 bits per heavy atom. The molecule has 1 heterocycles. The van der Waals surface area contributed by atoms with Crippen LogP contribution in [0.4, 0.5) is 0 Å². The summed E-state index contributed by atoms with van der Waals surface area (Å²) in [5.74, 6) is 0.667. The van der Waals surface area contributed by atoms with Gasteiger partial charge in [-0.05, 0) is 36.8 Å². The van der Waals surface area contributed by atoms with Crippen molar-refractivity contribution in [2.24, 2.45) is 5.10 Å². The van der Waals surface area contributed by atoms with Gasteiger partial charge in [0, 0.05) is 10.0 Å². The molecule has 0 atom stereocenters. The number of nitrogens with zero attached hydrogens (tertiary/aromatic N) is 3. The highest BCUT2D eigenvalue weighted by Gasteiger charge is 2.10. The number of H-pyrrole nitrogens is 1. The predicted molar refractivity (Wildman–Crippen MR) is 94.7 cm³/mol. The summed E-state index contributed by atoms with van der Waals surface area (Å²) in [7, 11) is 0. The highest BCUT2D eigenvalue weighted by atomic mass is 79.9. The van der Waals surface area contributed by atoms with Crippen LogP contribution >= 0.6 is 28.1 Å². The van der Waals surface area contributed by atoms with Crippen LogP contribution in [0, 0.1) is 11.7 Å². The van der Waals surface area contributed by atoms with Crippen molar-refractivity contribution >= 4 is 34.4 Å². The van der Waals surface area contributed by atoms with Gasteiger partial charge in [0.2, 0.25) is 4.77 Å². The molecule has 0 aliphatic heterocycles. The second-order valence-electron chi connectivity index (χ2n) is 4.80. The lowest BCUT2D eigenvalue weighted by Crippen LogP contribution is -1.95. The first-order valence-corrected chi connectivity index (χ1v) is 7.88. The Kier molecular flexibility index (Phi) is 4.31. The van der Waals surface area contributed by atoms with Gasteiger partial charge in [0.1, 0.15) is 0 Å². The third kappa shape index (κ3) is 3.08. The third-order valence-electron chi connectivity index (χ3n) is 3.16. The summed E-state index contributed by atoms with van der Waals surface area (Å²) in [6.07, 6.45) is 1.77. The molecule has 22 heavy (non-hydrogen) atoms. The van der Waals surface area contributed by atoms with E-state index in [-0.39, 0.29) is 0 Å². The maximum atomic E-state index is 5.27. The number of hydrogen-bond donors (Lipinski definition) is 1. The topological polar surface area (TPSA) is 46.0 Å². The Balaban J connectivity index is 2.02. The van der Waals surface area contributed by atoms with Crippen LogP contribution in [0.15, 0.2) is 58.1 Å². The predicted octanol–water partition coefficient (Wildman–Crippen LogP) is 4.56. The third-order valence-corrected chi connectivity index (χ3v) is 4.12. The van der Waals surface area contributed by atoms with Gasteiger partial charge in [-0.3, -0.25) is 0 Å². The van der Waals surface area contributed by atoms with E-state index in [4.69, 9.17) is 12.2 Å². The number of aromatic amines is 1. The Labute approximate surface area is 141 Å². The maximum Gasteiger partial charge on any atom is 0.216 e. The van der Waals surface area contributed by atoms with Crippen molar-refractivity contribution in [3.8, 4) is 11.4 Å². The summed E-state index contributed by atoms with van der Waals surface area (Å²) < 4.78 is 3.01. The number of aryl methyl sites for hydroxylation is 1. The monoisotopic (exact) mass is 372 g/mol. The van der Waals surface area contributed by atoms with Crippen molar-refractivity contribution in [1.82, 2.24) is 14.9 Å². The van der Waals surface area contributed by atoms with Crippen LogP contribution in [-0.4, -0.2) is 21.1 Å². The molecule has 0 aliphatic rings. The molecule has 0 saturated heterocycles. The zero-order valence-corrected chi connectivity index (χ0v) is 14.2. The summed E-state index contributed by atoms with van der Waals surface area (Å²) in [5.41, 5.74) is 3.15. The van der Waals surface area contributed by atoms with Gasteiger partial charge in [-0.15, -0.1) is 0 Å². The molecule has 1 aromatic heterocycles. The van der Waals surface area contributed by atoms with Crippen LogP contribution < -0.4 is 0 Å². The normalized spacial score (nSPS) is 11.2. The highest BCUT2D eigenvalue weighted by Crippen LogP contribution is 2.26. The van der Waals surface area contributed by atoms with E-state index in [0.717, 1.165) is 15.6 Å². The fourth-order valence-electron chi connectivity index (χ4n) is 1.99. The smallest absolute Gasteiger partial charge is 0.216 e. The van der Waals surface area contributed by atoms with Crippen LogP contribution in [0.1, 0.15) is 11.1 Å². The van der Waals surface area contributed by atoms with Crippen molar-refractivity contribution in [3.63, 3.8) is 0 Å². The molecule has 0 amide bonds. The molecule has 0 spiro atoms. The Morgan fingerprint density at radius 2 is 1.91 bits per heavy atom. The highest BCUT2D eigenvalue weighted by molar-refractivity contribution is 9.10. The molecule has 0 unspecified atom stereocenters. The first-order chi connectivity index (χ1) is 10.6. The van der Waals surface area contributed by atoms with Crippen molar-refractivity contribution < 1.29 is 0 Å². The Hall–Kier alpha value is -2.05. The molecule has 0 fully saturated rings. The summed E-state index contributed by atoms with van der Waals surface area (Å²) in [6, 6.07) is 15.9. The van der Waals surface area contributed by atoms with Crippen LogP contribution in [0.5, 0.6) is 0 Å². The lowest BCUT2D eigenvalue weighted by atomic mass is 10.2. The number of aromatic nitrogens is 3. The lowest BCUT2D eigenvalue weighted by Gasteiger charge is -2.03. The number of hydrogen-bond acceptors (Lipinski definition) is 3. The van der Waals surface area contributed by atoms with Gasteiger partial charge in [-0.25, -0.2) is 5.10 Å². The van der Waals surface area contributed by atoms with Crippen molar-refractivity contribution in [2.75, 3.05) is 0 Å². The largest absolute Gasteiger partial charge is 0.250 e. The second-order valence-corrected chi connectivity index (χ2v) is 6.04. The van der Waals surface area contributed by atoms with E-state index >= 15 is 0 Å². The minimum absolute atomic E-state index is 0.453. The van der Waals surface area contributed by atoms with E-state index in [0.29, 0.717) is 10.6 Å². The van der Waals surface area contributed by atoms with E-state index in [2.05, 4.69) is 38.2 Å². The zero-order valence-electron chi connectivity index (χ0n) is 11.8. The summed E-state index contributed by atoms with van der Waals surface area (Å²) in [6.45, 7) is 2.05. The molecule has 0 saturated carbocycles. The van der Waals surface area contributed by atoms with Crippen molar-refractivity contribution in [2.45, 2.75) is 6.92 Å². The van der Waals surface area contributed by atoms with E-state index in [9.17, 15) is 0 Å². The minimum atomic E-state index is 0.453. The zero-order chi connectivity index (χ0) is 15.5. The minimum Gasteiger partial charge on any atom is -0.250 e. The first-order valence-electron chi connectivity index (χ1n) is 6.68. The van der Waals surface area contributed by atoms with Crippen molar-refractivity contribution in [3.05, 3.63) is 68.9 Å². The summed E-state index contributed by atoms with van der Waals surface area (Å²) >= 11 is 8.80. The molecule has 4 nitrogen and oxygen atoms in total.